The van der Waals surface area contributed by atoms with E-state index in [0.717, 1.165) is 4.90 Å². The minimum atomic E-state index is -1.24. The van der Waals surface area contributed by atoms with Gasteiger partial charge in [-0.05, 0) is 18.4 Å². The van der Waals surface area contributed by atoms with Crippen molar-refractivity contribution >= 4 is 23.9 Å². The fraction of sp³-hybridized carbons (Fsp3) is 0.412. The fourth-order valence-corrected chi connectivity index (χ4v) is 2.46. The molecule has 8 heteroatoms. The fourth-order valence-electron chi connectivity index (χ4n) is 2.46. The van der Waals surface area contributed by atoms with Crippen molar-refractivity contribution in [3.05, 3.63) is 35.9 Å². The quantitative estimate of drug-likeness (QED) is 0.690. The predicted molar refractivity (Wildman–Crippen MR) is 90.4 cm³/mol. The van der Waals surface area contributed by atoms with E-state index in [2.05, 4.69) is 16.0 Å². The van der Waals surface area contributed by atoms with Gasteiger partial charge in [-0.3, -0.25) is 19.8 Å². The van der Waals surface area contributed by atoms with Gasteiger partial charge < -0.3 is 10.6 Å². The molecule has 134 valence electrons. The Morgan fingerprint density at radius 2 is 1.84 bits per heavy atom. The Balaban J connectivity index is 2.01. The Morgan fingerprint density at radius 1 is 1.20 bits per heavy atom. The zero-order chi connectivity index (χ0) is 18.6. The van der Waals surface area contributed by atoms with Gasteiger partial charge in [0.1, 0.15) is 12.1 Å². The van der Waals surface area contributed by atoms with Crippen LogP contribution in [-0.2, 0) is 15.1 Å². The van der Waals surface area contributed by atoms with E-state index >= 15 is 0 Å². The summed E-state index contributed by atoms with van der Waals surface area (Å²) in [6.07, 6.45) is 0. The Labute approximate surface area is 145 Å². The molecular weight excluding hydrogens is 324 g/mol. The number of nitrogens with zero attached hydrogens (tertiary/aromatic N) is 1. The van der Waals surface area contributed by atoms with E-state index in [4.69, 9.17) is 0 Å². The molecule has 1 aromatic rings. The van der Waals surface area contributed by atoms with Crippen LogP contribution in [0.5, 0.6) is 0 Å². The molecule has 2 rings (SSSR count). The van der Waals surface area contributed by atoms with Crippen molar-refractivity contribution in [3.8, 4) is 0 Å². The smallest absolute Gasteiger partial charge is 0.325 e. The van der Waals surface area contributed by atoms with Crippen LogP contribution in [0.1, 0.15) is 26.3 Å². The van der Waals surface area contributed by atoms with E-state index in [1.807, 2.05) is 13.8 Å². The summed E-state index contributed by atoms with van der Waals surface area (Å²) in [7, 11) is 0. The van der Waals surface area contributed by atoms with E-state index in [9.17, 15) is 19.2 Å². The molecule has 8 nitrogen and oxygen atoms in total. The highest BCUT2D eigenvalue weighted by molar-refractivity contribution is 6.10. The number of carbonyl (C=O) groups is 4. The molecule has 1 fully saturated rings. The number of hydrogen-bond acceptors (Lipinski definition) is 4. The zero-order valence-electron chi connectivity index (χ0n) is 14.5. The van der Waals surface area contributed by atoms with Crippen LogP contribution in [0.4, 0.5) is 9.59 Å². The van der Waals surface area contributed by atoms with Crippen molar-refractivity contribution in [1.82, 2.24) is 20.9 Å². The summed E-state index contributed by atoms with van der Waals surface area (Å²) in [5.74, 6) is -1.04. The second-order valence-electron chi connectivity index (χ2n) is 6.46. The van der Waals surface area contributed by atoms with Gasteiger partial charge in [-0.25, -0.2) is 9.59 Å². The number of nitrogens with one attached hydrogen (secondary N) is 3. The first-order valence-corrected chi connectivity index (χ1v) is 8.01. The highest BCUT2D eigenvalue weighted by Gasteiger charge is 2.49. The summed E-state index contributed by atoms with van der Waals surface area (Å²) in [4.78, 5) is 49.1. The third kappa shape index (κ3) is 4.14. The third-order valence-corrected chi connectivity index (χ3v) is 3.85. The molecule has 0 radical (unpaired) electrons. The van der Waals surface area contributed by atoms with Gasteiger partial charge >= 0.3 is 12.1 Å². The van der Waals surface area contributed by atoms with E-state index in [1.54, 1.807) is 37.3 Å². The second-order valence-corrected chi connectivity index (χ2v) is 6.46. The largest absolute Gasteiger partial charge is 0.338 e. The average molecular weight is 346 g/mol. The number of amides is 6. The number of urea groups is 2. The van der Waals surface area contributed by atoms with Crippen LogP contribution in [0.2, 0.25) is 0 Å². The van der Waals surface area contributed by atoms with Crippen LogP contribution in [0.3, 0.4) is 0 Å². The van der Waals surface area contributed by atoms with Gasteiger partial charge in [-0.2, -0.15) is 0 Å². The van der Waals surface area contributed by atoms with Gasteiger partial charge in [0.15, 0.2) is 0 Å². The van der Waals surface area contributed by atoms with E-state index in [0.29, 0.717) is 12.1 Å². The minimum absolute atomic E-state index is 0.235. The van der Waals surface area contributed by atoms with Crippen LogP contribution in [0, 0.1) is 5.92 Å². The maximum absolute atomic E-state index is 12.6. The topological polar surface area (TPSA) is 108 Å². The molecule has 1 atom stereocenters. The van der Waals surface area contributed by atoms with Crippen molar-refractivity contribution in [2.24, 2.45) is 5.92 Å². The molecule has 25 heavy (non-hydrogen) atoms. The first-order valence-electron chi connectivity index (χ1n) is 8.01. The molecule has 0 saturated carbocycles. The lowest BCUT2D eigenvalue weighted by Gasteiger charge is -2.22. The SMILES string of the molecule is CC(C)CNC(=O)NC(=O)CN1C(=O)N[C@@](C)(c2ccccc2)C1=O. The van der Waals surface area contributed by atoms with Crippen molar-refractivity contribution in [1.29, 1.82) is 0 Å². The summed E-state index contributed by atoms with van der Waals surface area (Å²) in [5, 5.41) is 7.24. The Kier molecular flexibility index (Phi) is 5.41. The first kappa shape index (κ1) is 18.4. The van der Waals surface area contributed by atoms with Crippen molar-refractivity contribution in [2.75, 3.05) is 13.1 Å². The van der Waals surface area contributed by atoms with Gasteiger partial charge in [-0.1, -0.05) is 44.2 Å². The van der Waals surface area contributed by atoms with Gasteiger partial charge in [-0.15, -0.1) is 0 Å². The monoisotopic (exact) mass is 346 g/mol. The third-order valence-electron chi connectivity index (χ3n) is 3.85. The molecule has 0 spiro atoms. The van der Waals surface area contributed by atoms with Crippen molar-refractivity contribution in [3.63, 3.8) is 0 Å². The lowest BCUT2D eigenvalue weighted by atomic mass is 9.92. The van der Waals surface area contributed by atoms with Gasteiger partial charge in [0.25, 0.3) is 5.91 Å². The van der Waals surface area contributed by atoms with Crippen LogP contribution in [-0.4, -0.2) is 41.9 Å². The Bertz CT molecular complexity index is 689. The normalized spacial score (nSPS) is 19.8. The van der Waals surface area contributed by atoms with Crippen LogP contribution in [0.25, 0.3) is 0 Å². The van der Waals surface area contributed by atoms with E-state index < -0.39 is 36.0 Å². The number of hydrogen-bond donors (Lipinski definition) is 3. The number of benzene rings is 1. The summed E-state index contributed by atoms with van der Waals surface area (Å²) < 4.78 is 0. The summed E-state index contributed by atoms with van der Waals surface area (Å²) >= 11 is 0. The maximum atomic E-state index is 12.6. The van der Waals surface area contributed by atoms with Gasteiger partial charge in [0.05, 0.1) is 0 Å². The number of rotatable bonds is 5. The van der Waals surface area contributed by atoms with Crippen LogP contribution in [0.15, 0.2) is 30.3 Å². The van der Waals surface area contributed by atoms with Gasteiger partial charge in [0.2, 0.25) is 5.91 Å². The highest BCUT2D eigenvalue weighted by Crippen LogP contribution is 2.28. The van der Waals surface area contributed by atoms with Gasteiger partial charge in [0, 0.05) is 6.54 Å². The minimum Gasteiger partial charge on any atom is -0.338 e. The standard InChI is InChI=1S/C17H22N4O4/c1-11(2)9-18-15(24)19-13(22)10-21-14(23)17(3,20-16(21)25)12-7-5-4-6-8-12/h4-8,11H,9-10H2,1-3H3,(H,20,25)(H2,18,19,22,24)/t17-/m0/s1. The average Bonchev–Trinajstić information content (AvgIpc) is 2.78. The molecular formula is C17H22N4O4. The van der Waals surface area contributed by atoms with E-state index in [1.165, 1.54) is 0 Å². The van der Waals surface area contributed by atoms with Crippen LogP contribution >= 0.6 is 0 Å². The predicted octanol–water partition coefficient (Wildman–Crippen LogP) is 0.935. The molecule has 1 heterocycles. The molecule has 0 unspecified atom stereocenters. The number of imide groups is 2. The summed E-state index contributed by atoms with van der Waals surface area (Å²) in [5.41, 5.74) is -0.621. The lowest BCUT2D eigenvalue weighted by molar-refractivity contribution is -0.134. The summed E-state index contributed by atoms with van der Waals surface area (Å²) in [6.45, 7) is 5.30. The molecule has 3 N–H and O–H groups in total. The zero-order valence-corrected chi connectivity index (χ0v) is 14.5. The van der Waals surface area contributed by atoms with Crippen molar-refractivity contribution < 1.29 is 19.2 Å². The maximum Gasteiger partial charge on any atom is 0.325 e. The molecule has 0 aromatic heterocycles. The molecule has 1 saturated heterocycles. The second kappa shape index (κ2) is 7.33. The molecule has 0 aliphatic carbocycles. The Morgan fingerprint density at radius 3 is 2.44 bits per heavy atom. The number of carbonyl (C=O) groups excluding carboxylic acids is 4. The molecule has 1 aliphatic rings. The molecule has 1 aromatic carbocycles. The van der Waals surface area contributed by atoms with Crippen LogP contribution < -0.4 is 16.0 Å². The molecule has 6 amide bonds. The summed E-state index contributed by atoms with van der Waals surface area (Å²) in [6, 6.07) is 7.44. The van der Waals surface area contributed by atoms with E-state index in [-0.39, 0.29) is 5.92 Å². The highest BCUT2D eigenvalue weighted by atomic mass is 16.2. The molecule has 1 aliphatic heterocycles. The first-order chi connectivity index (χ1) is 11.7. The Hall–Kier alpha value is -2.90. The van der Waals surface area contributed by atoms with Crippen molar-refractivity contribution in [2.45, 2.75) is 26.3 Å². The molecule has 0 bridgehead atoms. The lowest BCUT2D eigenvalue weighted by Crippen LogP contribution is -2.47.